The summed E-state index contributed by atoms with van der Waals surface area (Å²) in [6.45, 7) is 0. The normalized spacial score (nSPS) is 10.5. The zero-order valence-corrected chi connectivity index (χ0v) is 19.4. The lowest BCUT2D eigenvalue weighted by atomic mass is 10.1. The second-order valence-electron chi connectivity index (χ2n) is 7.23. The molecule has 4 aromatic rings. The Hall–Kier alpha value is -4.18. The van der Waals surface area contributed by atoms with Crippen molar-refractivity contribution in [2.75, 3.05) is 23.5 Å². The smallest absolute Gasteiger partial charge is 0.256 e. The van der Waals surface area contributed by atoms with Crippen LogP contribution in [0, 0.1) is 0 Å². The number of carbonyl (C=O) groups excluding carboxylic acids is 2. The number of anilines is 2. The van der Waals surface area contributed by atoms with Gasteiger partial charge in [0.1, 0.15) is 5.75 Å². The summed E-state index contributed by atoms with van der Waals surface area (Å²) >= 11 is 1.29. The van der Waals surface area contributed by atoms with Gasteiger partial charge in [0.25, 0.3) is 5.91 Å². The van der Waals surface area contributed by atoms with E-state index in [9.17, 15) is 9.59 Å². The molecule has 0 aliphatic rings. The van der Waals surface area contributed by atoms with Gasteiger partial charge < -0.3 is 15.4 Å². The van der Waals surface area contributed by atoms with Gasteiger partial charge in [-0.25, -0.2) is 4.68 Å². The number of carbonyl (C=O) groups is 2. The average molecular weight is 475 g/mol. The lowest BCUT2D eigenvalue weighted by molar-refractivity contribution is -0.113. The van der Waals surface area contributed by atoms with Crippen LogP contribution in [-0.2, 0) is 11.8 Å². The van der Waals surface area contributed by atoms with Crippen molar-refractivity contribution < 1.29 is 14.3 Å². The second kappa shape index (κ2) is 10.6. The third-order valence-corrected chi connectivity index (χ3v) is 5.92. The third kappa shape index (κ3) is 5.59. The van der Waals surface area contributed by atoms with E-state index in [1.807, 2.05) is 24.3 Å². The number of thioether (sulfide) groups is 1. The number of hydrogen-bond donors (Lipinski definition) is 2. The summed E-state index contributed by atoms with van der Waals surface area (Å²) in [5.41, 5.74) is 2.52. The van der Waals surface area contributed by atoms with Crippen molar-refractivity contribution in [3.8, 4) is 17.1 Å². The third-order valence-electron chi connectivity index (χ3n) is 4.84. The Kier molecular flexibility index (Phi) is 7.19. The standard InChI is InChI=1S/C24H22N6O3S/c1-30-23(27-28-29-30)16-7-5-8-17(13-16)26-24(32)20-11-3-4-12-21(20)34-15-22(31)25-18-9-6-10-19(14-18)33-2/h3-14H,15H2,1-2H3,(H,25,31)(H,26,32). The lowest BCUT2D eigenvalue weighted by Gasteiger charge is -2.11. The number of tetrazole rings is 1. The zero-order chi connectivity index (χ0) is 23.9. The van der Waals surface area contributed by atoms with Crippen LogP contribution in [0.4, 0.5) is 11.4 Å². The Labute approximate surface area is 200 Å². The number of ether oxygens (including phenoxy) is 1. The zero-order valence-electron chi connectivity index (χ0n) is 18.6. The Balaban J connectivity index is 1.42. The van der Waals surface area contributed by atoms with E-state index in [4.69, 9.17) is 4.74 Å². The SMILES string of the molecule is COc1cccc(NC(=O)CSc2ccccc2C(=O)Nc2cccc(-c3nnnn3C)c2)c1. The van der Waals surface area contributed by atoms with Gasteiger partial charge in [-0.2, -0.15) is 0 Å². The maximum absolute atomic E-state index is 13.0. The van der Waals surface area contributed by atoms with Gasteiger partial charge in [0.15, 0.2) is 5.82 Å². The topological polar surface area (TPSA) is 111 Å². The summed E-state index contributed by atoms with van der Waals surface area (Å²) in [6.07, 6.45) is 0. The fourth-order valence-corrected chi connectivity index (χ4v) is 4.08. The van der Waals surface area contributed by atoms with Crippen molar-refractivity contribution in [1.82, 2.24) is 20.2 Å². The molecule has 0 bridgehead atoms. The number of nitrogens with zero attached hydrogens (tertiary/aromatic N) is 4. The Bertz CT molecular complexity index is 1320. The Morgan fingerprint density at radius 1 is 0.971 bits per heavy atom. The molecule has 172 valence electrons. The van der Waals surface area contributed by atoms with E-state index < -0.39 is 0 Å². The first-order chi connectivity index (χ1) is 16.5. The largest absolute Gasteiger partial charge is 0.497 e. The lowest BCUT2D eigenvalue weighted by Crippen LogP contribution is -2.16. The average Bonchev–Trinajstić information content (AvgIpc) is 3.29. The molecule has 1 aromatic heterocycles. The molecule has 0 saturated heterocycles. The maximum atomic E-state index is 13.0. The van der Waals surface area contributed by atoms with Crippen molar-refractivity contribution in [3.05, 3.63) is 78.4 Å². The molecule has 0 radical (unpaired) electrons. The van der Waals surface area contributed by atoms with Crippen LogP contribution >= 0.6 is 11.8 Å². The van der Waals surface area contributed by atoms with Crippen LogP contribution in [0.2, 0.25) is 0 Å². The minimum Gasteiger partial charge on any atom is -0.497 e. The van der Waals surface area contributed by atoms with Crippen molar-refractivity contribution in [3.63, 3.8) is 0 Å². The second-order valence-corrected chi connectivity index (χ2v) is 8.24. The molecule has 1 heterocycles. The van der Waals surface area contributed by atoms with E-state index in [2.05, 4.69) is 26.2 Å². The van der Waals surface area contributed by atoms with E-state index in [1.165, 1.54) is 11.8 Å². The van der Waals surface area contributed by atoms with Crippen molar-refractivity contribution in [2.45, 2.75) is 4.90 Å². The van der Waals surface area contributed by atoms with Crippen molar-refractivity contribution in [2.24, 2.45) is 7.05 Å². The highest BCUT2D eigenvalue weighted by Gasteiger charge is 2.14. The first-order valence-corrected chi connectivity index (χ1v) is 11.3. The van der Waals surface area contributed by atoms with E-state index in [1.54, 1.807) is 67.4 Å². The van der Waals surface area contributed by atoms with Crippen LogP contribution in [-0.4, -0.2) is 44.9 Å². The molecule has 34 heavy (non-hydrogen) atoms. The van der Waals surface area contributed by atoms with Crippen LogP contribution < -0.4 is 15.4 Å². The molecule has 9 nitrogen and oxygen atoms in total. The highest BCUT2D eigenvalue weighted by atomic mass is 32.2. The molecule has 2 amide bonds. The maximum Gasteiger partial charge on any atom is 0.256 e. The molecule has 0 aliphatic carbocycles. The number of amides is 2. The van der Waals surface area contributed by atoms with Crippen LogP contribution in [0.25, 0.3) is 11.4 Å². The van der Waals surface area contributed by atoms with Gasteiger partial charge in [-0.3, -0.25) is 9.59 Å². The highest BCUT2D eigenvalue weighted by Crippen LogP contribution is 2.25. The molecular weight excluding hydrogens is 452 g/mol. The molecule has 0 saturated carbocycles. The van der Waals surface area contributed by atoms with Gasteiger partial charge in [-0.15, -0.1) is 16.9 Å². The van der Waals surface area contributed by atoms with Crippen LogP contribution in [0.5, 0.6) is 5.75 Å². The van der Waals surface area contributed by atoms with Crippen LogP contribution in [0.1, 0.15) is 10.4 Å². The monoisotopic (exact) mass is 474 g/mol. The fourth-order valence-electron chi connectivity index (χ4n) is 3.23. The minimum absolute atomic E-state index is 0.149. The number of hydrogen-bond acceptors (Lipinski definition) is 7. The molecule has 0 aliphatic heterocycles. The van der Waals surface area contributed by atoms with Gasteiger partial charge in [0.05, 0.1) is 18.4 Å². The van der Waals surface area contributed by atoms with Gasteiger partial charge in [-0.1, -0.05) is 30.3 Å². The molecule has 0 spiro atoms. The minimum atomic E-state index is -0.274. The first-order valence-electron chi connectivity index (χ1n) is 10.3. The number of aryl methyl sites for hydroxylation is 1. The summed E-state index contributed by atoms with van der Waals surface area (Å²) in [6, 6.07) is 21.6. The molecule has 4 rings (SSSR count). The number of methoxy groups -OCH3 is 1. The summed E-state index contributed by atoms with van der Waals surface area (Å²) in [5, 5.41) is 17.2. The summed E-state index contributed by atoms with van der Waals surface area (Å²) in [4.78, 5) is 26.2. The summed E-state index contributed by atoms with van der Waals surface area (Å²) in [7, 11) is 3.32. The molecule has 3 aromatic carbocycles. The van der Waals surface area contributed by atoms with E-state index in [0.29, 0.717) is 33.4 Å². The van der Waals surface area contributed by atoms with Gasteiger partial charge in [0, 0.05) is 34.9 Å². The van der Waals surface area contributed by atoms with E-state index >= 15 is 0 Å². The Morgan fingerprint density at radius 3 is 2.50 bits per heavy atom. The number of rotatable bonds is 8. The first kappa shape index (κ1) is 23.0. The molecule has 0 fully saturated rings. The number of nitrogens with one attached hydrogen (secondary N) is 2. The summed E-state index contributed by atoms with van der Waals surface area (Å²) in [5.74, 6) is 0.944. The fraction of sp³-hybridized carbons (Fsp3) is 0.125. The van der Waals surface area contributed by atoms with Crippen LogP contribution in [0.3, 0.4) is 0 Å². The van der Waals surface area contributed by atoms with Gasteiger partial charge in [0.2, 0.25) is 5.91 Å². The predicted molar refractivity (Wildman–Crippen MR) is 131 cm³/mol. The molecule has 2 N–H and O–H groups in total. The molecule has 0 unspecified atom stereocenters. The van der Waals surface area contributed by atoms with E-state index in [-0.39, 0.29) is 17.6 Å². The van der Waals surface area contributed by atoms with Crippen molar-refractivity contribution in [1.29, 1.82) is 0 Å². The number of aromatic nitrogens is 4. The predicted octanol–water partition coefficient (Wildman–Crippen LogP) is 3.87. The van der Waals surface area contributed by atoms with Crippen molar-refractivity contribution >= 4 is 35.0 Å². The molecule has 10 heteroatoms. The Morgan fingerprint density at radius 2 is 1.74 bits per heavy atom. The molecular formula is C24H22N6O3S. The quantitative estimate of drug-likeness (QED) is 0.373. The van der Waals surface area contributed by atoms with Gasteiger partial charge >= 0.3 is 0 Å². The summed E-state index contributed by atoms with van der Waals surface area (Å²) < 4.78 is 6.74. The van der Waals surface area contributed by atoms with Crippen LogP contribution in [0.15, 0.2) is 77.7 Å². The highest BCUT2D eigenvalue weighted by molar-refractivity contribution is 8.00. The van der Waals surface area contributed by atoms with E-state index in [0.717, 1.165) is 5.56 Å². The molecule has 0 atom stereocenters. The van der Waals surface area contributed by atoms with Gasteiger partial charge in [-0.05, 0) is 46.8 Å². The number of benzene rings is 3.